The van der Waals surface area contributed by atoms with Gasteiger partial charge in [-0.25, -0.2) is 9.59 Å². The number of nitrogens with zero attached hydrogens (tertiary/aromatic N) is 1. The van der Waals surface area contributed by atoms with Crippen molar-refractivity contribution in [3.05, 3.63) is 59.7 Å². The minimum atomic E-state index is -0.938. The van der Waals surface area contributed by atoms with Crippen LogP contribution in [-0.4, -0.2) is 53.2 Å². The summed E-state index contributed by atoms with van der Waals surface area (Å²) < 4.78 is 5.52. The Labute approximate surface area is 199 Å². The zero-order valence-electron chi connectivity index (χ0n) is 19.1. The van der Waals surface area contributed by atoms with E-state index in [4.69, 9.17) is 4.74 Å². The molecule has 2 aromatic rings. The highest BCUT2D eigenvalue weighted by Gasteiger charge is 2.47. The number of nitrogens with one attached hydrogen (secondary N) is 1. The Kier molecular flexibility index (Phi) is 6.26. The van der Waals surface area contributed by atoms with E-state index in [9.17, 15) is 19.5 Å². The number of benzene rings is 2. The van der Waals surface area contributed by atoms with Crippen molar-refractivity contribution in [1.82, 2.24) is 10.2 Å². The van der Waals surface area contributed by atoms with Crippen LogP contribution in [0.1, 0.15) is 55.6 Å². The normalized spacial score (nSPS) is 23.1. The SMILES string of the molecule is O=C(NCCC(=O)N1C2CCCCC2C[C@H]1C(=O)O)OCC1c2ccccc2-c2ccccc21. The van der Waals surface area contributed by atoms with Crippen LogP contribution in [0.4, 0.5) is 4.79 Å². The van der Waals surface area contributed by atoms with Crippen molar-refractivity contribution in [3.8, 4) is 11.1 Å². The van der Waals surface area contributed by atoms with Crippen molar-refractivity contribution in [3.63, 3.8) is 0 Å². The zero-order chi connectivity index (χ0) is 23.7. The lowest BCUT2D eigenvalue weighted by Gasteiger charge is -2.33. The van der Waals surface area contributed by atoms with Crippen molar-refractivity contribution >= 4 is 18.0 Å². The van der Waals surface area contributed by atoms with Gasteiger partial charge < -0.3 is 20.1 Å². The quantitative estimate of drug-likeness (QED) is 0.672. The van der Waals surface area contributed by atoms with Crippen molar-refractivity contribution in [2.45, 2.75) is 56.5 Å². The number of hydrogen-bond acceptors (Lipinski definition) is 4. The molecule has 2 aliphatic carbocycles. The molecule has 178 valence electrons. The Morgan fingerprint density at radius 3 is 2.29 bits per heavy atom. The lowest BCUT2D eigenvalue weighted by Crippen LogP contribution is -2.47. The van der Waals surface area contributed by atoms with E-state index in [-0.39, 0.29) is 43.4 Å². The number of ether oxygens (including phenoxy) is 1. The number of amides is 2. The summed E-state index contributed by atoms with van der Waals surface area (Å²) in [5.41, 5.74) is 4.61. The summed E-state index contributed by atoms with van der Waals surface area (Å²) >= 11 is 0. The van der Waals surface area contributed by atoms with Gasteiger partial charge in [-0.15, -0.1) is 0 Å². The minimum absolute atomic E-state index is 0.0109. The van der Waals surface area contributed by atoms with E-state index < -0.39 is 18.1 Å². The van der Waals surface area contributed by atoms with E-state index in [0.29, 0.717) is 6.42 Å². The topological polar surface area (TPSA) is 95.9 Å². The molecule has 3 atom stereocenters. The van der Waals surface area contributed by atoms with Crippen molar-refractivity contribution in [1.29, 1.82) is 0 Å². The van der Waals surface area contributed by atoms with Crippen LogP contribution in [0.3, 0.4) is 0 Å². The fourth-order valence-corrected chi connectivity index (χ4v) is 6.09. The average Bonchev–Trinajstić information content (AvgIpc) is 3.39. The lowest BCUT2D eigenvalue weighted by atomic mass is 9.84. The number of alkyl carbamates (subject to hydrolysis) is 1. The summed E-state index contributed by atoms with van der Waals surface area (Å²) in [4.78, 5) is 38.6. The number of carbonyl (C=O) groups is 3. The number of carbonyl (C=O) groups excluding carboxylic acids is 2. The van der Waals surface area contributed by atoms with E-state index >= 15 is 0 Å². The molecule has 1 saturated heterocycles. The molecule has 1 heterocycles. The summed E-state index contributed by atoms with van der Waals surface area (Å²) in [5.74, 6) is -0.897. The van der Waals surface area contributed by atoms with Crippen LogP contribution in [-0.2, 0) is 14.3 Å². The molecular weight excluding hydrogens is 432 g/mol. The van der Waals surface area contributed by atoms with Crippen LogP contribution in [0.5, 0.6) is 0 Å². The Morgan fingerprint density at radius 1 is 0.971 bits per heavy atom. The van der Waals surface area contributed by atoms with Gasteiger partial charge in [-0.2, -0.15) is 0 Å². The van der Waals surface area contributed by atoms with Gasteiger partial charge in [0, 0.05) is 24.9 Å². The Balaban J connectivity index is 1.15. The van der Waals surface area contributed by atoms with Crippen LogP contribution in [0.2, 0.25) is 0 Å². The number of hydrogen-bond donors (Lipinski definition) is 2. The highest BCUT2D eigenvalue weighted by Crippen LogP contribution is 2.44. The number of fused-ring (bicyclic) bond motifs is 4. The molecule has 1 saturated carbocycles. The number of likely N-dealkylation sites (tertiary alicyclic amines) is 1. The highest BCUT2D eigenvalue weighted by atomic mass is 16.5. The molecule has 2 amide bonds. The summed E-state index contributed by atoms with van der Waals surface area (Å²) in [6, 6.07) is 15.5. The van der Waals surface area contributed by atoms with Gasteiger partial charge in [-0.1, -0.05) is 61.4 Å². The number of rotatable bonds is 6. The summed E-state index contributed by atoms with van der Waals surface area (Å²) in [6.07, 6.45) is 3.99. The van der Waals surface area contributed by atoms with E-state index in [2.05, 4.69) is 29.6 Å². The molecule has 2 unspecified atom stereocenters. The van der Waals surface area contributed by atoms with E-state index in [1.807, 2.05) is 24.3 Å². The Morgan fingerprint density at radius 2 is 1.62 bits per heavy atom. The summed E-state index contributed by atoms with van der Waals surface area (Å²) in [6.45, 7) is 0.334. The zero-order valence-corrected chi connectivity index (χ0v) is 19.1. The predicted octanol–water partition coefficient (Wildman–Crippen LogP) is 4.16. The molecule has 0 radical (unpaired) electrons. The van der Waals surface area contributed by atoms with Crippen LogP contribution in [0, 0.1) is 5.92 Å². The van der Waals surface area contributed by atoms with E-state index in [1.54, 1.807) is 4.90 Å². The monoisotopic (exact) mass is 462 g/mol. The van der Waals surface area contributed by atoms with E-state index in [0.717, 1.165) is 47.9 Å². The molecular formula is C27H30N2O5. The van der Waals surface area contributed by atoms with E-state index in [1.165, 1.54) is 0 Å². The Hall–Kier alpha value is -3.35. The molecule has 2 N–H and O–H groups in total. The first-order valence-electron chi connectivity index (χ1n) is 12.2. The maximum absolute atomic E-state index is 12.9. The highest BCUT2D eigenvalue weighted by molar-refractivity contribution is 5.85. The number of carboxylic acid groups (broad SMARTS) is 1. The third-order valence-corrected chi connectivity index (χ3v) is 7.61. The standard InChI is InChI=1S/C27H30N2O5/c30-25(29-23-12-6-1-7-17(23)15-24(29)26(31)32)13-14-28-27(33)34-16-22-20-10-4-2-8-18(20)19-9-3-5-11-21(19)22/h2-5,8-11,17,22-24H,1,6-7,12-16H2,(H,28,33)(H,31,32)/t17?,23?,24-/m0/s1. The van der Waals surface area contributed by atoms with Gasteiger partial charge in [0.2, 0.25) is 5.91 Å². The van der Waals surface area contributed by atoms with Gasteiger partial charge in [0.15, 0.2) is 0 Å². The van der Waals surface area contributed by atoms with Crippen LogP contribution in [0.15, 0.2) is 48.5 Å². The fraction of sp³-hybridized carbons (Fsp3) is 0.444. The lowest BCUT2D eigenvalue weighted by molar-refractivity contribution is -0.149. The third kappa shape index (κ3) is 4.15. The molecule has 1 aliphatic heterocycles. The molecule has 5 rings (SSSR count). The van der Waals surface area contributed by atoms with Crippen molar-refractivity contribution < 1.29 is 24.2 Å². The molecule has 2 aromatic carbocycles. The smallest absolute Gasteiger partial charge is 0.407 e. The minimum Gasteiger partial charge on any atom is -0.480 e. The molecule has 0 spiro atoms. The summed E-state index contributed by atoms with van der Waals surface area (Å²) in [5, 5.41) is 12.3. The van der Waals surface area contributed by atoms with Gasteiger partial charge in [-0.05, 0) is 47.4 Å². The Bertz CT molecular complexity index is 1050. The average molecular weight is 463 g/mol. The first-order chi connectivity index (χ1) is 16.5. The van der Waals surface area contributed by atoms with Gasteiger partial charge in [0.25, 0.3) is 0 Å². The second-order valence-corrected chi connectivity index (χ2v) is 9.50. The van der Waals surface area contributed by atoms with Gasteiger partial charge >= 0.3 is 12.1 Å². The van der Waals surface area contributed by atoms with Gasteiger partial charge in [0.1, 0.15) is 12.6 Å². The molecule has 2 fully saturated rings. The maximum Gasteiger partial charge on any atom is 0.407 e. The first-order valence-corrected chi connectivity index (χ1v) is 12.2. The molecule has 3 aliphatic rings. The molecule has 7 heteroatoms. The fourth-order valence-electron chi connectivity index (χ4n) is 6.09. The van der Waals surface area contributed by atoms with Crippen molar-refractivity contribution in [2.24, 2.45) is 5.92 Å². The van der Waals surface area contributed by atoms with Crippen molar-refractivity contribution in [2.75, 3.05) is 13.2 Å². The van der Waals surface area contributed by atoms with Crippen LogP contribution >= 0.6 is 0 Å². The number of carboxylic acids is 1. The van der Waals surface area contributed by atoms with Crippen LogP contribution in [0.25, 0.3) is 11.1 Å². The largest absolute Gasteiger partial charge is 0.480 e. The molecule has 0 aromatic heterocycles. The van der Waals surface area contributed by atoms with Gasteiger partial charge in [-0.3, -0.25) is 4.79 Å². The maximum atomic E-state index is 12.9. The second kappa shape index (κ2) is 9.49. The van der Waals surface area contributed by atoms with Crippen LogP contribution < -0.4 is 5.32 Å². The molecule has 7 nitrogen and oxygen atoms in total. The molecule has 34 heavy (non-hydrogen) atoms. The third-order valence-electron chi connectivity index (χ3n) is 7.61. The number of aliphatic carboxylic acids is 1. The first kappa shape index (κ1) is 22.4. The summed E-state index contributed by atoms with van der Waals surface area (Å²) in [7, 11) is 0. The second-order valence-electron chi connectivity index (χ2n) is 9.50. The van der Waals surface area contributed by atoms with Gasteiger partial charge in [0.05, 0.1) is 0 Å². The predicted molar refractivity (Wildman–Crippen MR) is 126 cm³/mol. The molecule has 0 bridgehead atoms.